The van der Waals surface area contributed by atoms with Gasteiger partial charge in [-0.15, -0.1) is 0 Å². The molecule has 2 atom stereocenters. The molecule has 0 N–H and O–H groups in total. The van der Waals surface area contributed by atoms with Crippen LogP contribution in [0.15, 0.2) is 76.3 Å². The highest BCUT2D eigenvalue weighted by Crippen LogP contribution is 2.49. The first-order chi connectivity index (χ1) is 13.6. The maximum absolute atomic E-state index is 6.40. The van der Waals surface area contributed by atoms with Crippen LogP contribution in [0.4, 0.5) is 0 Å². The Kier molecular flexibility index (Phi) is 4.41. The van der Waals surface area contributed by atoms with Crippen LogP contribution in [0.2, 0.25) is 5.02 Å². The maximum atomic E-state index is 6.40. The second-order valence-electron chi connectivity index (χ2n) is 7.19. The molecule has 0 bridgehead atoms. The highest BCUT2D eigenvalue weighted by molar-refractivity contribution is 9.10. The van der Waals surface area contributed by atoms with E-state index in [2.05, 4.69) is 58.2 Å². The quantitative estimate of drug-likeness (QED) is 0.434. The summed E-state index contributed by atoms with van der Waals surface area (Å²) in [6, 6.07) is 22.6. The predicted octanol–water partition coefficient (Wildman–Crippen LogP) is 6.65. The Balaban J connectivity index is 1.62. The summed E-state index contributed by atoms with van der Waals surface area (Å²) in [5.41, 5.74) is 5.60. The Bertz CT molecular complexity index is 1080. The Morgan fingerprint density at radius 1 is 1.04 bits per heavy atom. The molecule has 2 heterocycles. The van der Waals surface area contributed by atoms with Gasteiger partial charge >= 0.3 is 0 Å². The lowest BCUT2D eigenvalue weighted by molar-refractivity contribution is -0.0194. The average molecular weight is 454 g/mol. The minimum absolute atomic E-state index is 0.0934. The van der Waals surface area contributed by atoms with Crippen LogP contribution in [0.25, 0.3) is 0 Å². The first-order valence-electron chi connectivity index (χ1n) is 9.23. The molecule has 0 saturated carbocycles. The van der Waals surface area contributed by atoms with Crippen molar-refractivity contribution in [3.63, 3.8) is 0 Å². The smallest absolute Gasteiger partial charge is 0.214 e. The lowest BCUT2D eigenvalue weighted by Crippen LogP contribution is -2.33. The van der Waals surface area contributed by atoms with E-state index in [0.29, 0.717) is 5.02 Å². The standard InChI is InChI=1S/C23H18BrClN2O/c1-14-6-8-15(9-7-14)20-13-21-18-12-16(25)10-11-22(18)28-23(27(21)26-20)17-4-2-3-5-19(17)24/h2-12,21,23H,13H2,1H3. The summed E-state index contributed by atoms with van der Waals surface area (Å²) in [5, 5.41) is 7.79. The molecule has 5 heteroatoms. The van der Waals surface area contributed by atoms with E-state index in [1.807, 2.05) is 36.4 Å². The molecule has 2 aliphatic rings. The second kappa shape index (κ2) is 6.94. The van der Waals surface area contributed by atoms with Gasteiger partial charge in [0.1, 0.15) is 5.75 Å². The van der Waals surface area contributed by atoms with Gasteiger partial charge < -0.3 is 4.74 Å². The fraction of sp³-hybridized carbons (Fsp3) is 0.174. The first kappa shape index (κ1) is 17.8. The normalized spacial score (nSPS) is 20.2. The number of hydrogen-bond donors (Lipinski definition) is 0. The topological polar surface area (TPSA) is 24.8 Å². The van der Waals surface area contributed by atoms with Crippen LogP contribution < -0.4 is 4.74 Å². The van der Waals surface area contributed by atoms with Gasteiger partial charge in [-0.2, -0.15) is 5.10 Å². The summed E-state index contributed by atoms with van der Waals surface area (Å²) in [6.07, 6.45) is 0.526. The van der Waals surface area contributed by atoms with Gasteiger partial charge in [-0.05, 0) is 36.8 Å². The number of hydrogen-bond acceptors (Lipinski definition) is 3. The number of halogens is 2. The molecule has 2 aliphatic heterocycles. The minimum atomic E-state index is -0.294. The van der Waals surface area contributed by atoms with Crippen molar-refractivity contribution in [3.8, 4) is 5.75 Å². The van der Waals surface area contributed by atoms with Gasteiger partial charge in [-0.25, -0.2) is 5.01 Å². The van der Waals surface area contributed by atoms with Crippen LogP contribution in [0.1, 0.15) is 40.9 Å². The molecule has 0 amide bonds. The second-order valence-corrected chi connectivity index (χ2v) is 8.48. The van der Waals surface area contributed by atoms with Crippen LogP contribution in [0.5, 0.6) is 5.75 Å². The summed E-state index contributed by atoms with van der Waals surface area (Å²) in [7, 11) is 0. The van der Waals surface area contributed by atoms with Crippen molar-refractivity contribution in [2.75, 3.05) is 0 Å². The van der Waals surface area contributed by atoms with Crippen LogP contribution in [0.3, 0.4) is 0 Å². The molecular weight excluding hydrogens is 436 g/mol. The van der Waals surface area contributed by atoms with Crippen LogP contribution in [0, 0.1) is 6.92 Å². The number of rotatable bonds is 2. The van der Waals surface area contributed by atoms with Crippen molar-refractivity contribution in [3.05, 3.63) is 98.5 Å². The monoisotopic (exact) mass is 452 g/mol. The lowest BCUT2D eigenvalue weighted by Gasteiger charge is -2.38. The SMILES string of the molecule is Cc1ccc(C2=NN3C(C2)c2cc(Cl)ccc2OC3c2ccccc2Br)cc1. The van der Waals surface area contributed by atoms with Gasteiger partial charge in [-0.3, -0.25) is 0 Å². The average Bonchev–Trinajstić information content (AvgIpc) is 3.14. The van der Waals surface area contributed by atoms with E-state index in [1.54, 1.807) is 0 Å². The van der Waals surface area contributed by atoms with Crippen LogP contribution in [-0.4, -0.2) is 10.7 Å². The van der Waals surface area contributed by atoms with Gasteiger partial charge in [0.15, 0.2) is 0 Å². The number of benzene rings is 3. The summed E-state index contributed by atoms with van der Waals surface area (Å²) in [4.78, 5) is 0. The van der Waals surface area contributed by atoms with E-state index in [0.717, 1.165) is 39.0 Å². The minimum Gasteiger partial charge on any atom is -0.464 e. The van der Waals surface area contributed by atoms with Crippen molar-refractivity contribution in [2.45, 2.75) is 25.6 Å². The molecule has 0 fully saturated rings. The molecule has 0 radical (unpaired) electrons. The Morgan fingerprint density at radius 2 is 1.82 bits per heavy atom. The number of fused-ring (bicyclic) bond motifs is 3. The highest BCUT2D eigenvalue weighted by Gasteiger charge is 2.41. The van der Waals surface area contributed by atoms with Crippen LogP contribution >= 0.6 is 27.5 Å². The lowest BCUT2D eigenvalue weighted by atomic mass is 9.95. The van der Waals surface area contributed by atoms with E-state index < -0.39 is 0 Å². The van der Waals surface area contributed by atoms with Crippen molar-refractivity contribution < 1.29 is 4.74 Å². The molecule has 2 unspecified atom stereocenters. The summed E-state index contributed by atoms with van der Waals surface area (Å²) < 4.78 is 7.41. The molecule has 0 spiro atoms. The van der Waals surface area contributed by atoms with E-state index in [9.17, 15) is 0 Å². The van der Waals surface area contributed by atoms with Crippen molar-refractivity contribution in [1.82, 2.24) is 5.01 Å². The summed E-state index contributed by atoms with van der Waals surface area (Å²) >= 11 is 9.97. The third-order valence-electron chi connectivity index (χ3n) is 5.31. The maximum Gasteiger partial charge on any atom is 0.214 e. The molecule has 28 heavy (non-hydrogen) atoms. The third kappa shape index (κ3) is 3.01. The first-order valence-corrected chi connectivity index (χ1v) is 10.4. The van der Waals surface area contributed by atoms with Gasteiger partial charge in [0.2, 0.25) is 6.23 Å². The molecule has 0 aliphatic carbocycles. The molecule has 5 rings (SSSR count). The molecule has 0 aromatic heterocycles. The molecule has 3 nitrogen and oxygen atoms in total. The van der Waals surface area contributed by atoms with Gasteiger partial charge in [0.25, 0.3) is 0 Å². The summed E-state index contributed by atoms with van der Waals surface area (Å²) in [6.45, 7) is 2.10. The van der Waals surface area contributed by atoms with Gasteiger partial charge in [-0.1, -0.05) is 75.6 Å². The fourth-order valence-corrected chi connectivity index (χ4v) is 4.52. The van der Waals surface area contributed by atoms with Crippen molar-refractivity contribution >= 4 is 33.2 Å². The predicted molar refractivity (Wildman–Crippen MR) is 116 cm³/mol. The van der Waals surface area contributed by atoms with Crippen LogP contribution in [-0.2, 0) is 0 Å². The molecule has 3 aromatic rings. The van der Waals surface area contributed by atoms with Gasteiger partial charge in [0.05, 0.1) is 11.8 Å². The number of aryl methyl sites for hydroxylation is 1. The zero-order valence-corrected chi connectivity index (χ0v) is 17.6. The molecule has 3 aromatic carbocycles. The molecular formula is C23H18BrClN2O. The van der Waals surface area contributed by atoms with E-state index in [1.165, 1.54) is 5.56 Å². The van der Waals surface area contributed by atoms with Crippen molar-refractivity contribution in [1.29, 1.82) is 0 Å². The van der Waals surface area contributed by atoms with E-state index in [4.69, 9.17) is 21.4 Å². The Morgan fingerprint density at radius 3 is 2.61 bits per heavy atom. The molecule has 0 saturated heterocycles. The zero-order chi connectivity index (χ0) is 19.3. The zero-order valence-electron chi connectivity index (χ0n) is 15.3. The largest absolute Gasteiger partial charge is 0.464 e. The number of hydrazone groups is 1. The van der Waals surface area contributed by atoms with Gasteiger partial charge in [0, 0.05) is 27.0 Å². The Labute approximate surface area is 177 Å². The Hall–Kier alpha value is -2.30. The molecule has 140 valence electrons. The van der Waals surface area contributed by atoms with Crippen molar-refractivity contribution in [2.24, 2.45) is 5.10 Å². The van der Waals surface area contributed by atoms with E-state index >= 15 is 0 Å². The number of nitrogens with zero attached hydrogens (tertiary/aromatic N) is 2. The summed E-state index contributed by atoms with van der Waals surface area (Å²) in [5.74, 6) is 0.867. The third-order valence-corrected chi connectivity index (χ3v) is 6.27. The van der Waals surface area contributed by atoms with E-state index in [-0.39, 0.29) is 12.3 Å². The fourth-order valence-electron chi connectivity index (χ4n) is 3.86. The number of ether oxygens (including phenoxy) is 1. The highest BCUT2D eigenvalue weighted by atomic mass is 79.9.